The second-order valence-corrected chi connectivity index (χ2v) is 5.84. The average molecular weight is 298 g/mol. The topological polar surface area (TPSA) is 32.3 Å². The van der Waals surface area contributed by atoms with Crippen molar-refractivity contribution in [1.82, 2.24) is 4.90 Å². The fourth-order valence-corrected chi connectivity index (χ4v) is 3.07. The molecule has 1 amide bonds. The first-order chi connectivity index (χ1) is 10.6. The van der Waals surface area contributed by atoms with E-state index in [9.17, 15) is 9.18 Å². The van der Waals surface area contributed by atoms with Crippen molar-refractivity contribution in [2.75, 3.05) is 25.5 Å². The van der Waals surface area contributed by atoms with E-state index in [0.29, 0.717) is 5.69 Å². The van der Waals surface area contributed by atoms with Crippen LogP contribution in [0.25, 0.3) is 0 Å². The molecule has 2 aromatic rings. The van der Waals surface area contributed by atoms with Gasteiger partial charge < -0.3 is 10.2 Å². The normalized spacial score (nSPS) is 21.7. The van der Waals surface area contributed by atoms with Crippen LogP contribution < -0.4 is 5.32 Å². The highest BCUT2D eigenvalue weighted by molar-refractivity contribution is 5.93. The van der Waals surface area contributed by atoms with E-state index in [1.54, 1.807) is 12.1 Å². The zero-order valence-corrected chi connectivity index (χ0v) is 12.5. The third-order valence-electron chi connectivity index (χ3n) is 4.18. The summed E-state index contributed by atoms with van der Waals surface area (Å²) in [5.74, 6) is -0.227. The first kappa shape index (κ1) is 14.7. The van der Waals surface area contributed by atoms with E-state index < -0.39 is 0 Å². The molecule has 2 aromatic carbocycles. The maximum Gasteiger partial charge on any atom is 0.229 e. The maximum atomic E-state index is 12.9. The van der Waals surface area contributed by atoms with Crippen molar-refractivity contribution in [3.63, 3.8) is 0 Å². The van der Waals surface area contributed by atoms with Gasteiger partial charge in [0.15, 0.2) is 0 Å². The van der Waals surface area contributed by atoms with Crippen LogP contribution in [0.2, 0.25) is 0 Å². The highest BCUT2D eigenvalue weighted by atomic mass is 19.1. The number of hydrogen-bond donors (Lipinski definition) is 1. The number of carbonyl (C=O) groups is 1. The van der Waals surface area contributed by atoms with E-state index in [1.165, 1.54) is 17.7 Å². The van der Waals surface area contributed by atoms with Crippen LogP contribution in [0.5, 0.6) is 0 Å². The van der Waals surface area contributed by atoms with Gasteiger partial charge in [0.05, 0.1) is 5.92 Å². The van der Waals surface area contributed by atoms with Gasteiger partial charge in [-0.3, -0.25) is 4.79 Å². The number of nitrogens with zero attached hydrogens (tertiary/aromatic N) is 1. The molecular formula is C18H19FN2O. The summed E-state index contributed by atoms with van der Waals surface area (Å²) < 4.78 is 12.9. The Balaban J connectivity index is 1.76. The van der Waals surface area contributed by atoms with E-state index in [0.717, 1.165) is 13.1 Å². The van der Waals surface area contributed by atoms with Crippen molar-refractivity contribution in [3.05, 3.63) is 66.0 Å². The van der Waals surface area contributed by atoms with Gasteiger partial charge in [-0.25, -0.2) is 4.39 Å². The first-order valence-corrected chi connectivity index (χ1v) is 7.43. The molecule has 0 spiro atoms. The van der Waals surface area contributed by atoms with E-state index in [1.807, 2.05) is 25.2 Å². The summed E-state index contributed by atoms with van der Waals surface area (Å²) in [6.45, 7) is 1.60. The molecule has 1 N–H and O–H groups in total. The lowest BCUT2D eigenvalue weighted by Gasteiger charge is -2.18. The molecule has 4 heteroatoms. The van der Waals surface area contributed by atoms with Crippen LogP contribution in [0.4, 0.5) is 10.1 Å². The second-order valence-electron chi connectivity index (χ2n) is 5.84. The van der Waals surface area contributed by atoms with Gasteiger partial charge in [-0.1, -0.05) is 30.3 Å². The smallest absolute Gasteiger partial charge is 0.229 e. The standard InChI is InChI=1S/C18H19FN2O/c1-21-11-16(13-5-3-2-4-6-13)17(12-21)18(22)20-15-9-7-14(19)8-10-15/h2-10,16-17H,11-12H2,1H3,(H,20,22)/t16-,17+/m0/s1. The van der Waals surface area contributed by atoms with Gasteiger partial charge in [-0.15, -0.1) is 0 Å². The number of hydrogen-bond acceptors (Lipinski definition) is 2. The Morgan fingerprint density at radius 2 is 1.77 bits per heavy atom. The number of halogens is 1. The van der Waals surface area contributed by atoms with Gasteiger partial charge in [0.25, 0.3) is 0 Å². The minimum atomic E-state index is -0.305. The van der Waals surface area contributed by atoms with Gasteiger partial charge in [0.2, 0.25) is 5.91 Å². The summed E-state index contributed by atoms with van der Waals surface area (Å²) in [6.07, 6.45) is 0. The van der Waals surface area contributed by atoms with Gasteiger partial charge in [0.1, 0.15) is 5.82 Å². The minimum Gasteiger partial charge on any atom is -0.326 e. The Morgan fingerprint density at radius 3 is 2.45 bits per heavy atom. The minimum absolute atomic E-state index is 0.00943. The van der Waals surface area contributed by atoms with Crippen molar-refractivity contribution in [2.24, 2.45) is 5.92 Å². The Labute approximate surface area is 129 Å². The lowest BCUT2D eigenvalue weighted by Crippen LogP contribution is -2.28. The van der Waals surface area contributed by atoms with Gasteiger partial charge in [0, 0.05) is 24.7 Å². The molecule has 0 radical (unpaired) electrons. The fourth-order valence-electron chi connectivity index (χ4n) is 3.07. The summed E-state index contributed by atoms with van der Waals surface area (Å²) in [5.41, 5.74) is 1.82. The lowest BCUT2D eigenvalue weighted by atomic mass is 9.88. The molecule has 2 atom stereocenters. The molecule has 3 nitrogen and oxygen atoms in total. The van der Waals surface area contributed by atoms with E-state index in [4.69, 9.17) is 0 Å². The molecule has 0 aliphatic carbocycles. The number of carbonyl (C=O) groups excluding carboxylic acids is 1. The van der Waals surface area contributed by atoms with E-state index in [2.05, 4.69) is 22.3 Å². The highest BCUT2D eigenvalue weighted by Gasteiger charge is 2.36. The van der Waals surface area contributed by atoms with E-state index >= 15 is 0 Å². The number of anilines is 1. The lowest BCUT2D eigenvalue weighted by molar-refractivity contribution is -0.119. The quantitative estimate of drug-likeness (QED) is 0.944. The Kier molecular flexibility index (Phi) is 4.20. The third-order valence-corrected chi connectivity index (χ3v) is 4.18. The van der Waals surface area contributed by atoms with Crippen LogP contribution in [0.1, 0.15) is 11.5 Å². The first-order valence-electron chi connectivity index (χ1n) is 7.43. The summed E-state index contributed by atoms with van der Waals surface area (Å²) in [5, 5.41) is 2.90. The number of nitrogens with one attached hydrogen (secondary N) is 1. The molecule has 0 unspecified atom stereocenters. The average Bonchev–Trinajstić information content (AvgIpc) is 2.92. The molecule has 1 aliphatic heterocycles. The number of benzene rings is 2. The zero-order valence-electron chi connectivity index (χ0n) is 12.5. The van der Waals surface area contributed by atoms with E-state index in [-0.39, 0.29) is 23.6 Å². The summed E-state index contributed by atoms with van der Waals surface area (Å²) in [6, 6.07) is 16.0. The fraction of sp³-hybridized carbons (Fsp3) is 0.278. The molecule has 3 rings (SSSR count). The number of amides is 1. The molecule has 22 heavy (non-hydrogen) atoms. The van der Waals surface area contributed by atoms with Crippen LogP contribution in [0.3, 0.4) is 0 Å². The summed E-state index contributed by atoms with van der Waals surface area (Å²) in [4.78, 5) is 14.8. The van der Waals surface area contributed by atoms with Crippen LogP contribution in [0.15, 0.2) is 54.6 Å². The third kappa shape index (κ3) is 3.17. The molecule has 0 bridgehead atoms. The largest absolute Gasteiger partial charge is 0.326 e. The Hall–Kier alpha value is -2.20. The number of likely N-dealkylation sites (N-methyl/N-ethyl adjacent to an activating group) is 1. The monoisotopic (exact) mass is 298 g/mol. The van der Waals surface area contributed by atoms with Gasteiger partial charge in [-0.05, 0) is 36.9 Å². The molecule has 0 aromatic heterocycles. The summed E-state index contributed by atoms with van der Waals surface area (Å²) >= 11 is 0. The van der Waals surface area contributed by atoms with Crippen molar-refractivity contribution < 1.29 is 9.18 Å². The molecule has 1 fully saturated rings. The number of rotatable bonds is 3. The van der Waals surface area contributed by atoms with Crippen LogP contribution in [-0.2, 0) is 4.79 Å². The Bertz CT molecular complexity index is 642. The Morgan fingerprint density at radius 1 is 1.09 bits per heavy atom. The molecule has 114 valence electrons. The second kappa shape index (κ2) is 6.28. The highest BCUT2D eigenvalue weighted by Crippen LogP contribution is 2.32. The SMILES string of the molecule is CN1C[C@@H](C(=O)Nc2ccc(F)cc2)[C@H](c2ccccc2)C1. The zero-order chi connectivity index (χ0) is 15.5. The van der Waals surface area contributed by atoms with Crippen molar-refractivity contribution in [2.45, 2.75) is 5.92 Å². The van der Waals surface area contributed by atoms with Crippen LogP contribution in [-0.4, -0.2) is 30.9 Å². The molecule has 1 saturated heterocycles. The van der Waals surface area contributed by atoms with Gasteiger partial charge >= 0.3 is 0 Å². The van der Waals surface area contributed by atoms with Crippen LogP contribution in [0, 0.1) is 11.7 Å². The van der Waals surface area contributed by atoms with Gasteiger partial charge in [-0.2, -0.15) is 0 Å². The number of likely N-dealkylation sites (tertiary alicyclic amines) is 1. The van der Waals surface area contributed by atoms with Crippen molar-refractivity contribution >= 4 is 11.6 Å². The van der Waals surface area contributed by atoms with Crippen molar-refractivity contribution in [1.29, 1.82) is 0 Å². The van der Waals surface area contributed by atoms with Crippen LogP contribution >= 0.6 is 0 Å². The molecular weight excluding hydrogens is 279 g/mol. The van der Waals surface area contributed by atoms with Crippen molar-refractivity contribution in [3.8, 4) is 0 Å². The molecule has 1 heterocycles. The maximum absolute atomic E-state index is 12.9. The molecule has 0 saturated carbocycles. The predicted octanol–water partition coefficient (Wildman–Crippen LogP) is 3.11. The summed E-state index contributed by atoms with van der Waals surface area (Å²) in [7, 11) is 2.03. The predicted molar refractivity (Wildman–Crippen MR) is 85.2 cm³/mol. The molecule has 1 aliphatic rings.